The Kier molecular flexibility index (Phi) is 6.30. The number of rotatable bonds is 4. The summed E-state index contributed by atoms with van der Waals surface area (Å²) >= 11 is 0. The van der Waals surface area contributed by atoms with E-state index in [2.05, 4.69) is 15.3 Å². The zero-order valence-electron chi connectivity index (χ0n) is 18.0. The van der Waals surface area contributed by atoms with Crippen LogP contribution in [0.5, 0.6) is 5.88 Å². The quantitative estimate of drug-likeness (QED) is 0.785. The Balaban J connectivity index is 1.75. The molecule has 3 atom stereocenters. The maximum atomic E-state index is 14.7. The minimum absolute atomic E-state index is 0.207. The van der Waals surface area contributed by atoms with E-state index in [1.54, 1.807) is 38.8 Å². The fourth-order valence-corrected chi connectivity index (χ4v) is 3.82. The number of alkyl carbamates (subject to hydrolysis) is 1. The number of carbonyl (C=O) groups excluding carboxylic acids is 1. The molecular weight excluding hydrogens is 391 g/mol. The molecule has 1 fully saturated rings. The van der Waals surface area contributed by atoms with Crippen LogP contribution in [0.1, 0.15) is 40.0 Å². The first-order chi connectivity index (χ1) is 14.1. The van der Waals surface area contributed by atoms with Gasteiger partial charge < -0.3 is 24.8 Å². The van der Waals surface area contributed by atoms with Gasteiger partial charge in [0.1, 0.15) is 22.6 Å². The highest BCUT2D eigenvalue weighted by atomic mass is 19.1. The molecule has 0 unspecified atom stereocenters. The maximum absolute atomic E-state index is 14.7. The van der Waals surface area contributed by atoms with Gasteiger partial charge in [0.15, 0.2) is 0 Å². The molecule has 30 heavy (non-hydrogen) atoms. The second-order valence-corrected chi connectivity index (χ2v) is 8.58. The summed E-state index contributed by atoms with van der Waals surface area (Å²) in [5.74, 6) is -0.0952. The van der Waals surface area contributed by atoms with Gasteiger partial charge in [-0.05, 0) is 52.2 Å². The lowest BCUT2D eigenvalue weighted by atomic mass is 9.87. The number of ether oxygens (including phenoxy) is 2. The minimum atomic E-state index is -0.760. The van der Waals surface area contributed by atoms with Gasteiger partial charge in [0.25, 0.3) is 0 Å². The van der Waals surface area contributed by atoms with Gasteiger partial charge in [-0.3, -0.25) is 0 Å². The number of hydrogen-bond donors (Lipinski definition) is 2. The van der Waals surface area contributed by atoms with Gasteiger partial charge in [0.2, 0.25) is 5.88 Å². The summed E-state index contributed by atoms with van der Waals surface area (Å²) < 4.78 is 25.1. The molecule has 0 radical (unpaired) electrons. The van der Waals surface area contributed by atoms with Crippen molar-refractivity contribution >= 4 is 22.8 Å². The van der Waals surface area contributed by atoms with Gasteiger partial charge in [-0.1, -0.05) is 0 Å². The highest BCUT2D eigenvalue weighted by Crippen LogP contribution is 2.33. The number of nitrogens with zero attached hydrogens (tertiary/aromatic N) is 3. The van der Waals surface area contributed by atoms with E-state index >= 15 is 0 Å². The fourth-order valence-electron chi connectivity index (χ4n) is 3.82. The Morgan fingerprint density at radius 2 is 2.07 bits per heavy atom. The van der Waals surface area contributed by atoms with Crippen molar-refractivity contribution in [1.29, 1.82) is 0 Å². The Hall–Kier alpha value is -2.68. The number of nitrogens with one attached hydrogen (secondary N) is 1. The summed E-state index contributed by atoms with van der Waals surface area (Å²) in [6.07, 6.45) is 1.73. The zero-order chi connectivity index (χ0) is 22.1. The molecule has 1 aromatic carbocycles. The molecule has 1 aliphatic rings. The molecule has 2 aromatic rings. The van der Waals surface area contributed by atoms with Gasteiger partial charge in [-0.2, -0.15) is 0 Å². The lowest BCUT2D eigenvalue weighted by Gasteiger charge is -2.40. The molecule has 8 nitrogen and oxygen atoms in total. The molecule has 1 aromatic heterocycles. The van der Waals surface area contributed by atoms with E-state index in [-0.39, 0.29) is 17.8 Å². The molecule has 1 heterocycles. The monoisotopic (exact) mass is 420 g/mol. The van der Waals surface area contributed by atoms with Crippen molar-refractivity contribution < 1.29 is 23.8 Å². The van der Waals surface area contributed by atoms with Crippen LogP contribution < -0.4 is 15.0 Å². The number of fused-ring (bicyclic) bond motifs is 1. The average molecular weight is 420 g/mol. The second kappa shape index (κ2) is 8.59. The van der Waals surface area contributed by atoms with Crippen LogP contribution in [0.15, 0.2) is 18.3 Å². The van der Waals surface area contributed by atoms with Crippen molar-refractivity contribution in [3.8, 4) is 5.88 Å². The maximum Gasteiger partial charge on any atom is 0.407 e. The van der Waals surface area contributed by atoms with Crippen LogP contribution in [0.25, 0.3) is 11.0 Å². The minimum Gasteiger partial charge on any atom is -0.480 e. The van der Waals surface area contributed by atoms with Gasteiger partial charge in [0, 0.05) is 13.1 Å². The lowest BCUT2D eigenvalue weighted by molar-refractivity contribution is 0.0427. The SMILES string of the molecule is COc1cnc2c(N(C)[C@H]3CC[C@H](NC(=O)OC(C)(C)C)C[C@H]3O)c(F)ccc2n1. The molecule has 0 saturated heterocycles. The third-order valence-corrected chi connectivity index (χ3v) is 5.18. The summed E-state index contributed by atoms with van der Waals surface area (Å²) in [5.41, 5.74) is 0.604. The van der Waals surface area contributed by atoms with Crippen molar-refractivity contribution in [2.24, 2.45) is 0 Å². The fraction of sp³-hybridized carbons (Fsp3) is 0.571. The first-order valence-corrected chi connectivity index (χ1v) is 9.98. The summed E-state index contributed by atoms with van der Waals surface area (Å²) in [7, 11) is 3.23. The predicted molar refractivity (Wildman–Crippen MR) is 111 cm³/mol. The van der Waals surface area contributed by atoms with Crippen LogP contribution >= 0.6 is 0 Å². The number of anilines is 1. The summed E-state index contributed by atoms with van der Waals surface area (Å²) in [6.45, 7) is 5.39. The number of methoxy groups -OCH3 is 1. The van der Waals surface area contributed by atoms with Crippen molar-refractivity contribution in [3.05, 3.63) is 24.1 Å². The Morgan fingerprint density at radius 1 is 1.33 bits per heavy atom. The third kappa shape index (κ3) is 4.89. The summed E-state index contributed by atoms with van der Waals surface area (Å²) in [5, 5.41) is 13.6. The zero-order valence-corrected chi connectivity index (χ0v) is 18.0. The molecule has 9 heteroatoms. The largest absolute Gasteiger partial charge is 0.480 e. The third-order valence-electron chi connectivity index (χ3n) is 5.18. The molecule has 0 bridgehead atoms. The van der Waals surface area contributed by atoms with Crippen molar-refractivity contribution in [2.45, 2.75) is 63.8 Å². The first-order valence-electron chi connectivity index (χ1n) is 9.98. The number of amides is 1. The van der Waals surface area contributed by atoms with Gasteiger partial charge >= 0.3 is 6.09 Å². The number of likely N-dealkylation sites (N-methyl/N-ethyl adjacent to an activating group) is 1. The highest BCUT2D eigenvalue weighted by Gasteiger charge is 2.34. The number of carbonyl (C=O) groups is 1. The van der Waals surface area contributed by atoms with E-state index in [9.17, 15) is 14.3 Å². The van der Waals surface area contributed by atoms with E-state index < -0.39 is 23.6 Å². The summed E-state index contributed by atoms with van der Waals surface area (Å²) in [6, 6.07) is 2.35. The molecule has 1 aliphatic carbocycles. The standard InChI is InChI=1S/C21H29FN4O4/c1-21(2,3)30-20(28)24-12-6-9-15(16(27)10-12)26(4)19-13(22)7-8-14-18(19)23-11-17(25-14)29-5/h7-8,11-12,15-16,27H,6,9-10H2,1-5H3,(H,24,28)/t12-,15-,16+/m0/s1. The van der Waals surface area contributed by atoms with E-state index in [1.807, 2.05) is 0 Å². The lowest BCUT2D eigenvalue weighted by Crippen LogP contribution is -2.51. The summed E-state index contributed by atoms with van der Waals surface area (Å²) in [4.78, 5) is 22.4. The molecule has 0 spiro atoms. The Bertz CT molecular complexity index is 918. The number of hydrogen-bond acceptors (Lipinski definition) is 7. The van der Waals surface area contributed by atoms with Crippen molar-refractivity contribution in [3.63, 3.8) is 0 Å². The van der Waals surface area contributed by atoms with Crippen LogP contribution in [-0.4, -0.2) is 59.1 Å². The normalized spacial score (nSPS) is 21.9. The topological polar surface area (TPSA) is 96.8 Å². The molecule has 1 amide bonds. The molecular formula is C21H29FN4O4. The second-order valence-electron chi connectivity index (χ2n) is 8.58. The van der Waals surface area contributed by atoms with E-state index in [1.165, 1.54) is 19.4 Å². The molecule has 164 valence electrons. The van der Waals surface area contributed by atoms with Crippen molar-refractivity contribution in [2.75, 3.05) is 19.1 Å². The Labute approximate surface area is 175 Å². The van der Waals surface area contributed by atoms with Crippen LogP contribution in [0.4, 0.5) is 14.9 Å². The van der Waals surface area contributed by atoms with Crippen LogP contribution in [0.2, 0.25) is 0 Å². The molecule has 2 N–H and O–H groups in total. The smallest absolute Gasteiger partial charge is 0.407 e. The van der Waals surface area contributed by atoms with Gasteiger partial charge in [-0.25, -0.2) is 19.2 Å². The number of aliphatic hydroxyl groups is 1. The number of benzene rings is 1. The predicted octanol–water partition coefficient (Wildman–Crippen LogP) is 3.02. The van der Waals surface area contributed by atoms with Gasteiger partial charge in [-0.15, -0.1) is 0 Å². The van der Waals surface area contributed by atoms with E-state index in [0.29, 0.717) is 36.2 Å². The van der Waals surface area contributed by atoms with Crippen LogP contribution in [0, 0.1) is 5.82 Å². The molecule has 1 saturated carbocycles. The molecule has 3 rings (SSSR count). The number of halogens is 1. The van der Waals surface area contributed by atoms with E-state index in [4.69, 9.17) is 9.47 Å². The Morgan fingerprint density at radius 3 is 2.70 bits per heavy atom. The number of aromatic nitrogens is 2. The number of aliphatic hydroxyl groups excluding tert-OH is 1. The van der Waals surface area contributed by atoms with Crippen LogP contribution in [-0.2, 0) is 4.74 Å². The van der Waals surface area contributed by atoms with Crippen molar-refractivity contribution in [1.82, 2.24) is 15.3 Å². The van der Waals surface area contributed by atoms with Crippen LogP contribution in [0.3, 0.4) is 0 Å². The van der Waals surface area contributed by atoms with Gasteiger partial charge in [0.05, 0.1) is 31.0 Å². The molecule has 0 aliphatic heterocycles. The first kappa shape index (κ1) is 22.0. The highest BCUT2D eigenvalue weighted by molar-refractivity contribution is 5.88. The average Bonchev–Trinajstić information content (AvgIpc) is 2.65. The van der Waals surface area contributed by atoms with E-state index in [0.717, 1.165) is 0 Å².